The van der Waals surface area contributed by atoms with E-state index in [-0.39, 0.29) is 0 Å². The first-order valence-corrected chi connectivity index (χ1v) is 4.51. The van der Waals surface area contributed by atoms with Gasteiger partial charge in [0.2, 0.25) is 0 Å². The van der Waals surface area contributed by atoms with Crippen LogP contribution in [0.25, 0.3) is 0 Å². The minimum absolute atomic E-state index is 0.309. The molecule has 0 heterocycles. The first-order valence-electron chi connectivity index (χ1n) is 4.51. The molecular weight excluding hydrogens is 168 g/mol. The molecule has 1 saturated carbocycles. The van der Waals surface area contributed by atoms with E-state index in [0.717, 1.165) is 12.8 Å². The number of hydrogen-bond donors (Lipinski definition) is 1. The van der Waals surface area contributed by atoms with E-state index < -0.39 is 12.0 Å². The lowest BCUT2D eigenvalue weighted by Crippen LogP contribution is -2.41. The van der Waals surface area contributed by atoms with Gasteiger partial charge in [-0.15, -0.1) is 0 Å². The van der Waals surface area contributed by atoms with E-state index in [9.17, 15) is 4.79 Å². The number of nitriles is 1. The van der Waals surface area contributed by atoms with Crippen molar-refractivity contribution in [2.45, 2.75) is 37.8 Å². The lowest BCUT2D eigenvalue weighted by atomic mass is 10.2. The number of methoxy groups -OCH3 is 1. The molecule has 1 fully saturated rings. The van der Waals surface area contributed by atoms with Crippen LogP contribution in [-0.4, -0.2) is 25.2 Å². The van der Waals surface area contributed by atoms with Gasteiger partial charge in [-0.05, 0) is 12.8 Å². The van der Waals surface area contributed by atoms with Crippen LogP contribution in [0.5, 0.6) is 0 Å². The summed E-state index contributed by atoms with van der Waals surface area (Å²) in [6.45, 7) is 0. The zero-order valence-corrected chi connectivity index (χ0v) is 7.75. The molecule has 0 aromatic rings. The van der Waals surface area contributed by atoms with Gasteiger partial charge in [0.05, 0.1) is 13.2 Å². The summed E-state index contributed by atoms with van der Waals surface area (Å²) in [5.41, 5.74) is 0. The van der Waals surface area contributed by atoms with E-state index in [0.29, 0.717) is 6.04 Å². The number of nitrogens with zero attached hydrogens (tertiary/aromatic N) is 1. The standard InChI is InChI=1S/C9H14N2O2/c1-13-9(12)8(6-10)11-7-4-2-3-5-7/h7-8,11H,2-5H2,1H3. The fraction of sp³-hybridized carbons (Fsp3) is 0.778. The van der Waals surface area contributed by atoms with Crippen LogP contribution >= 0.6 is 0 Å². The molecule has 4 heteroatoms. The van der Waals surface area contributed by atoms with Crippen LogP contribution in [0.15, 0.2) is 0 Å². The summed E-state index contributed by atoms with van der Waals surface area (Å²) < 4.78 is 4.49. The van der Waals surface area contributed by atoms with Crippen molar-refractivity contribution in [3.05, 3.63) is 0 Å². The Morgan fingerprint density at radius 2 is 2.23 bits per heavy atom. The summed E-state index contributed by atoms with van der Waals surface area (Å²) in [6, 6.07) is 1.40. The van der Waals surface area contributed by atoms with Crippen molar-refractivity contribution in [3.8, 4) is 6.07 Å². The highest BCUT2D eigenvalue weighted by atomic mass is 16.5. The molecule has 1 unspecified atom stereocenters. The Morgan fingerprint density at radius 3 is 2.69 bits per heavy atom. The van der Waals surface area contributed by atoms with Gasteiger partial charge in [0.15, 0.2) is 6.04 Å². The summed E-state index contributed by atoms with van der Waals surface area (Å²) in [7, 11) is 1.29. The molecule has 0 spiro atoms. The fourth-order valence-electron chi connectivity index (χ4n) is 1.60. The van der Waals surface area contributed by atoms with Crippen LogP contribution in [-0.2, 0) is 9.53 Å². The Balaban J connectivity index is 2.39. The predicted molar refractivity (Wildman–Crippen MR) is 46.8 cm³/mol. The molecule has 0 bridgehead atoms. The molecule has 0 radical (unpaired) electrons. The number of rotatable bonds is 3. The molecule has 13 heavy (non-hydrogen) atoms. The maximum Gasteiger partial charge on any atom is 0.337 e. The Morgan fingerprint density at radius 1 is 1.62 bits per heavy atom. The van der Waals surface area contributed by atoms with Crippen molar-refractivity contribution in [1.82, 2.24) is 5.32 Å². The third-order valence-electron chi connectivity index (χ3n) is 2.32. The molecule has 0 aromatic heterocycles. The van der Waals surface area contributed by atoms with Gasteiger partial charge in [-0.1, -0.05) is 12.8 Å². The summed E-state index contributed by atoms with van der Waals surface area (Å²) in [5, 5.41) is 11.7. The molecular formula is C9H14N2O2. The van der Waals surface area contributed by atoms with E-state index in [1.54, 1.807) is 0 Å². The summed E-state index contributed by atoms with van der Waals surface area (Å²) in [6.07, 6.45) is 4.46. The van der Waals surface area contributed by atoms with Crippen molar-refractivity contribution < 1.29 is 9.53 Å². The smallest absolute Gasteiger partial charge is 0.337 e. The first-order chi connectivity index (χ1) is 6.27. The number of ether oxygens (including phenoxy) is 1. The van der Waals surface area contributed by atoms with E-state index in [2.05, 4.69) is 10.1 Å². The van der Waals surface area contributed by atoms with Crippen molar-refractivity contribution in [2.24, 2.45) is 0 Å². The highest BCUT2D eigenvalue weighted by Gasteiger charge is 2.24. The molecule has 1 rings (SSSR count). The second kappa shape index (κ2) is 4.83. The molecule has 1 aliphatic carbocycles. The molecule has 0 aliphatic heterocycles. The van der Waals surface area contributed by atoms with Gasteiger partial charge in [0.1, 0.15) is 0 Å². The minimum Gasteiger partial charge on any atom is -0.467 e. The Hall–Kier alpha value is -1.08. The average Bonchev–Trinajstić information content (AvgIpc) is 2.65. The number of hydrogen-bond acceptors (Lipinski definition) is 4. The molecule has 0 saturated heterocycles. The van der Waals surface area contributed by atoms with Crippen LogP contribution in [0.3, 0.4) is 0 Å². The zero-order chi connectivity index (χ0) is 9.68. The number of carbonyl (C=O) groups excluding carboxylic acids is 1. The molecule has 4 nitrogen and oxygen atoms in total. The van der Waals surface area contributed by atoms with Gasteiger partial charge in [-0.2, -0.15) is 5.26 Å². The number of carbonyl (C=O) groups is 1. The van der Waals surface area contributed by atoms with Crippen molar-refractivity contribution in [2.75, 3.05) is 7.11 Å². The van der Waals surface area contributed by atoms with E-state index in [4.69, 9.17) is 5.26 Å². The fourth-order valence-corrected chi connectivity index (χ4v) is 1.60. The van der Waals surface area contributed by atoms with Crippen molar-refractivity contribution in [1.29, 1.82) is 5.26 Å². The van der Waals surface area contributed by atoms with Crippen LogP contribution in [0, 0.1) is 11.3 Å². The topological polar surface area (TPSA) is 62.1 Å². The largest absolute Gasteiger partial charge is 0.467 e. The molecule has 0 aromatic carbocycles. The summed E-state index contributed by atoms with van der Waals surface area (Å²) in [5.74, 6) is -0.491. The lowest BCUT2D eigenvalue weighted by Gasteiger charge is -2.14. The van der Waals surface area contributed by atoms with Crippen LogP contribution in [0.1, 0.15) is 25.7 Å². The normalized spacial score (nSPS) is 19.4. The van der Waals surface area contributed by atoms with Crippen LogP contribution in [0.4, 0.5) is 0 Å². The highest BCUT2D eigenvalue weighted by molar-refractivity contribution is 5.78. The quantitative estimate of drug-likeness (QED) is 0.649. The van der Waals surface area contributed by atoms with Crippen LogP contribution < -0.4 is 5.32 Å². The highest BCUT2D eigenvalue weighted by Crippen LogP contribution is 2.18. The number of esters is 1. The SMILES string of the molecule is COC(=O)C(C#N)NC1CCCC1. The molecule has 1 N–H and O–H groups in total. The maximum atomic E-state index is 11.0. The Kier molecular flexibility index (Phi) is 3.71. The zero-order valence-electron chi connectivity index (χ0n) is 7.75. The third-order valence-corrected chi connectivity index (χ3v) is 2.32. The van der Waals surface area contributed by atoms with Gasteiger partial charge in [0, 0.05) is 6.04 Å². The van der Waals surface area contributed by atoms with E-state index >= 15 is 0 Å². The van der Waals surface area contributed by atoms with Gasteiger partial charge in [-0.25, -0.2) is 4.79 Å². The maximum absolute atomic E-state index is 11.0. The lowest BCUT2D eigenvalue weighted by molar-refractivity contribution is -0.141. The third kappa shape index (κ3) is 2.71. The van der Waals surface area contributed by atoms with Crippen molar-refractivity contribution in [3.63, 3.8) is 0 Å². The van der Waals surface area contributed by atoms with Gasteiger partial charge in [0.25, 0.3) is 0 Å². The van der Waals surface area contributed by atoms with Gasteiger partial charge >= 0.3 is 5.97 Å². The Bertz CT molecular complexity index is 216. The second-order valence-corrected chi connectivity index (χ2v) is 3.23. The second-order valence-electron chi connectivity index (χ2n) is 3.23. The molecule has 0 amide bonds. The summed E-state index contributed by atoms with van der Waals surface area (Å²) in [4.78, 5) is 11.0. The van der Waals surface area contributed by atoms with Gasteiger partial charge < -0.3 is 4.74 Å². The van der Waals surface area contributed by atoms with Gasteiger partial charge in [-0.3, -0.25) is 5.32 Å². The monoisotopic (exact) mass is 182 g/mol. The minimum atomic E-state index is -0.798. The molecule has 1 aliphatic rings. The van der Waals surface area contributed by atoms with Crippen LogP contribution in [0.2, 0.25) is 0 Å². The molecule has 72 valence electrons. The molecule has 1 atom stereocenters. The summed E-state index contributed by atoms with van der Waals surface area (Å²) >= 11 is 0. The number of nitrogens with one attached hydrogen (secondary N) is 1. The van der Waals surface area contributed by atoms with E-state index in [1.807, 2.05) is 6.07 Å². The first kappa shape index (κ1) is 10.0. The van der Waals surface area contributed by atoms with Crippen molar-refractivity contribution >= 4 is 5.97 Å². The Labute approximate surface area is 77.9 Å². The average molecular weight is 182 g/mol. The van der Waals surface area contributed by atoms with E-state index in [1.165, 1.54) is 20.0 Å². The predicted octanol–water partition coefficient (Wildman–Crippen LogP) is 0.584.